The summed E-state index contributed by atoms with van der Waals surface area (Å²) in [5.41, 5.74) is 4.38. The minimum Gasteiger partial charge on any atom is -0.368 e. The number of thioether (sulfide) groups is 2. The van der Waals surface area contributed by atoms with Crippen LogP contribution in [0.25, 0.3) is 0 Å². The highest BCUT2D eigenvalue weighted by Gasteiger charge is 2.34. The van der Waals surface area contributed by atoms with E-state index < -0.39 is 23.3 Å². The van der Waals surface area contributed by atoms with E-state index >= 15 is 0 Å². The first kappa shape index (κ1) is 21.0. The second-order valence-electron chi connectivity index (χ2n) is 5.20. The first-order chi connectivity index (χ1) is 12.7. The zero-order chi connectivity index (χ0) is 20.2. The molecule has 1 aromatic heterocycles. The molecule has 0 fully saturated rings. The summed E-state index contributed by atoms with van der Waals surface area (Å²) in [6.07, 6.45) is -3.45. The van der Waals surface area contributed by atoms with Crippen LogP contribution in [0.15, 0.2) is 28.3 Å². The number of ketones is 1. The quantitative estimate of drug-likeness (QED) is 0.436. The fourth-order valence-corrected chi connectivity index (χ4v) is 3.55. The molecule has 0 saturated carbocycles. The van der Waals surface area contributed by atoms with Gasteiger partial charge >= 0.3 is 6.18 Å². The zero-order valence-electron chi connectivity index (χ0n) is 13.8. The highest BCUT2D eigenvalue weighted by Crippen LogP contribution is 2.32. The largest absolute Gasteiger partial charge is 0.419 e. The van der Waals surface area contributed by atoms with Gasteiger partial charge in [-0.3, -0.25) is 4.79 Å². The molecular formula is C16H12F4N4OS2. The molecule has 2 N–H and O–H groups in total. The van der Waals surface area contributed by atoms with E-state index in [0.717, 1.165) is 17.8 Å². The van der Waals surface area contributed by atoms with Gasteiger partial charge in [0.2, 0.25) is 5.95 Å². The Hall–Kier alpha value is -2.32. The third kappa shape index (κ3) is 5.33. The van der Waals surface area contributed by atoms with Crippen molar-refractivity contribution in [1.29, 1.82) is 5.26 Å². The van der Waals surface area contributed by atoms with Crippen LogP contribution in [0.5, 0.6) is 0 Å². The monoisotopic (exact) mass is 416 g/mol. The minimum atomic E-state index is -4.84. The topological polar surface area (TPSA) is 92.7 Å². The number of nitriles is 1. The maximum atomic E-state index is 13.3. The molecule has 1 heterocycles. The summed E-state index contributed by atoms with van der Waals surface area (Å²) in [4.78, 5) is 20.0. The smallest absolute Gasteiger partial charge is 0.368 e. The van der Waals surface area contributed by atoms with E-state index in [9.17, 15) is 27.6 Å². The van der Waals surface area contributed by atoms with Gasteiger partial charge in [-0.1, -0.05) is 17.8 Å². The van der Waals surface area contributed by atoms with Gasteiger partial charge in [0.1, 0.15) is 33.3 Å². The van der Waals surface area contributed by atoms with Crippen molar-refractivity contribution in [3.63, 3.8) is 0 Å². The molecule has 0 spiro atoms. The van der Waals surface area contributed by atoms with Crippen LogP contribution < -0.4 is 5.73 Å². The van der Waals surface area contributed by atoms with Crippen LogP contribution in [-0.2, 0) is 17.4 Å². The van der Waals surface area contributed by atoms with Gasteiger partial charge in [0, 0.05) is 6.42 Å². The number of nitrogens with two attached hydrogens (primary N) is 1. The van der Waals surface area contributed by atoms with E-state index in [1.54, 1.807) is 6.26 Å². The lowest BCUT2D eigenvalue weighted by Gasteiger charge is -2.10. The average Bonchev–Trinajstić information content (AvgIpc) is 2.60. The van der Waals surface area contributed by atoms with Gasteiger partial charge in [-0.2, -0.15) is 18.4 Å². The third-order valence-electron chi connectivity index (χ3n) is 3.27. The summed E-state index contributed by atoms with van der Waals surface area (Å²) in [5, 5.41) is 9.82. The van der Waals surface area contributed by atoms with Crippen LogP contribution in [0.3, 0.4) is 0 Å². The summed E-state index contributed by atoms with van der Waals surface area (Å²) in [5.74, 6) is -2.00. The lowest BCUT2D eigenvalue weighted by Crippen LogP contribution is -2.11. The molecule has 0 aliphatic carbocycles. The molecule has 0 radical (unpaired) electrons. The van der Waals surface area contributed by atoms with Crippen molar-refractivity contribution >= 4 is 35.3 Å². The molecule has 0 unspecified atom stereocenters. The van der Waals surface area contributed by atoms with E-state index in [1.807, 2.05) is 6.07 Å². The average molecular weight is 416 g/mol. The van der Waals surface area contributed by atoms with Crippen LogP contribution >= 0.6 is 23.5 Å². The Balaban J connectivity index is 2.12. The zero-order valence-corrected chi connectivity index (χ0v) is 15.4. The lowest BCUT2D eigenvalue weighted by atomic mass is 10.1. The Bertz CT molecular complexity index is 913. The van der Waals surface area contributed by atoms with Crippen LogP contribution in [0.1, 0.15) is 16.7 Å². The molecule has 5 nitrogen and oxygen atoms in total. The summed E-state index contributed by atoms with van der Waals surface area (Å²) in [7, 11) is 0. The normalized spacial score (nSPS) is 11.3. The van der Waals surface area contributed by atoms with Crippen molar-refractivity contribution < 1.29 is 22.4 Å². The Morgan fingerprint density at radius 1 is 1.30 bits per heavy atom. The van der Waals surface area contributed by atoms with E-state index in [0.29, 0.717) is 17.2 Å². The Morgan fingerprint density at radius 3 is 2.56 bits per heavy atom. The highest BCUT2D eigenvalue weighted by molar-refractivity contribution is 8.00. The summed E-state index contributed by atoms with van der Waals surface area (Å²) >= 11 is 2.14. The number of alkyl halides is 3. The molecule has 0 saturated heterocycles. The number of anilines is 1. The second-order valence-corrected chi connectivity index (χ2v) is 6.96. The summed E-state index contributed by atoms with van der Waals surface area (Å²) in [6, 6.07) is 4.37. The molecule has 27 heavy (non-hydrogen) atoms. The molecule has 0 bridgehead atoms. The molecule has 0 aliphatic heterocycles. The van der Waals surface area contributed by atoms with Gasteiger partial charge in [0.25, 0.3) is 0 Å². The predicted octanol–water partition coefficient (Wildman–Crippen LogP) is 3.71. The molecule has 0 aliphatic rings. The van der Waals surface area contributed by atoms with E-state index in [-0.39, 0.29) is 34.3 Å². The SMILES string of the molecule is CSc1nc(N)nc(SCC(=O)Cc2ccc(F)c(C(F)(F)F)c2)c1C#N. The van der Waals surface area contributed by atoms with Crippen molar-refractivity contribution in [2.24, 2.45) is 0 Å². The number of Topliss-reactive ketones (excluding diaryl/α,β-unsaturated/α-hetero) is 1. The summed E-state index contributed by atoms with van der Waals surface area (Å²) < 4.78 is 51.5. The van der Waals surface area contributed by atoms with Crippen molar-refractivity contribution in [2.45, 2.75) is 22.6 Å². The molecular weight excluding hydrogens is 404 g/mol. The molecule has 0 atom stereocenters. The fourth-order valence-electron chi connectivity index (χ4n) is 2.11. The van der Waals surface area contributed by atoms with Crippen molar-refractivity contribution in [3.05, 3.63) is 40.7 Å². The lowest BCUT2D eigenvalue weighted by molar-refractivity contribution is -0.140. The number of halogens is 4. The van der Waals surface area contributed by atoms with Crippen molar-refractivity contribution in [3.8, 4) is 6.07 Å². The number of aromatic nitrogens is 2. The number of nitrogens with zero attached hydrogens (tertiary/aromatic N) is 3. The molecule has 0 amide bonds. The first-order valence-electron chi connectivity index (χ1n) is 7.27. The van der Waals surface area contributed by atoms with Crippen molar-refractivity contribution in [1.82, 2.24) is 9.97 Å². The van der Waals surface area contributed by atoms with Crippen LogP contribution in [0.2, 0.25) is 0 Å². The van der Waals surface area contributed by atoms with Crippen LogP contribution in [0, 0.1) is 17.1 Å². The van der Waals surface area contributed by atoms with Gasteiger partial charge in [-0.15, -0.1) is 11.8 Å². The van der Waals surface area contributed by atoms with Gasteiger partial charge in [0.15, 0.2) is 0 Å². The molecule has 142 valence electrons. The molecule has 2 aromatic rings. The van der Waals surface area contributed by atoms with Gasteiger partial charge in [0.05, 0.1) is 11.3 Å². The van der Waals surface area contributed by atoms with Crippen molar-refractivity contribution in [2.75, 3.05) is 17.7 Å². The van der Waals surface area contributed by atoms with E-state index in [4.69, 9.17) is 5.73 Å². The number of nitrogen functional groups attached to an aromatic ring is 1. The van der Waals surface area contributed by atoms with Crippen LogP contribution in [0.4, 0.5) is 23.5 Å². The molecule has 11 heteroatoms. The van der Waals surface area contributed by atoms with E-state index in [2.05, 4.69) is 9.97 Å². The molecule has 1 aromatic carbocycles. The standard InChI is InChI=1S/C16H12F4N4OS2/c1-26-13-10(6-21)14(24-15(22)23-13)27-7-9(25)4-8-2-3-12(17)11(5-8)16(18,19)20/h2-3,5H,4,7H2,1H3,(H2,22,23,24). The number of carbonyl (C=O) groups excluding carboxylic acids is 1. The summed E-state index contributed by atoms with van der Waals surface area (Å²) in [6.45, 7) is 0. The maximum absolute atomic E-state index is 13.3. The number of hydrogen-bond acceptors (Lipinski definition) is 7. The Morgan fingerprint density at radius 2 is 1.96 bits per heavy atom. The Kier molecular flexibility index (Phi) is 6.67. The van der Waals surface area contributed by atoms with E-state index in [1.165, 1.54) is 11.8 Å². The minimum absolute atomic E-state index is 0.0434. The number of hydrogen-bond donors (Lipinski definition) is 1. The fraction of sp³-hybridized carbons (Fsp3) is 0.250. The first-order valence-corrected chi connectivity index (χ1v) is 9.48. The third-order valence-corrected chi connectivity index (χ3v) is 4.99. The highest BCUT2D eigenvalue weighted by atomic mass is 32.2. The van der Waals surface area contributed by atoms with Gasteiger partial charge in [-0.05, 0) is 24.0 Å². The predicted molar refractivity (Wildman–Crippen MR) is 93.8 cm³/mol. The van der Waals surface area contributed by atoms with Gasteiger partial charge in [-0.25, -0.2) is 14.4 Å². The van der Waals surface area contributed by atoms with Gasteiger partial charge < -0.3 is 5.73 Å². The van der Waals surface area contributed by atoms with Crippen LogP contribution in [-0.4, -0.2) is 27.8 Å². The maximum Gasteiger partial charge on any atom is 0.419 e. The second kappa shape index (κ2) is 8.58. The number of benzene rings is 1. The Labute approximate surface area is 160 Å². The number of rotatable bonds is 6. The molecule has 2 rings (SSSR count). The number of carbonyl (C=O) groups is 1.